The lowest BCUT2D eigenvalue weighted by Crippen LogP contribution is -2.36. The normalized spacial score (nSPS) is 16.5. The lowest BCUT2D eigenvalue weighted by Gasteiger charge is -2.25. The summed E-state index contributed by atoms with van der Waals surface area (Å²) in [5.74, 6) is 0.320. The number of halogens is 3. The Balaban J connectivity index is 1.73. The highest BCUT2D eigenvalue weighted by Gasteiger charge is 2.31. The lowest BCUT2D eigenvalue weighted by molar-refractivity contribution is -0.274. The minimum Gasteiger partial charge on any atom is -0.406 e. The van der Waals surface area contributed by atoms with Gasteiger partial charge in [-0.3, -0.25) is 4.90 Å². The molecule has 23 heavy (non-hydrogen) atoms. The molecule has 1 fully saturated rings. The Morgan fingerprint density at radius 1 is 1.13 bits per heavy atom. The first-order valence-corrected chi connectivity index (χ1v) is 6.95. The van der Waals surface area contributed by atoms with Crippen molar-refractivity contribution in [3.05, 3.63) is 30.1 Å². The average Bonchev–Trinajstić information content (AvgIpc) is 2.96. The van der Waals surface area contributed by atoms with Crippen LogP contribution >= 0.6 is 0 Å². The molecule has 0 N–H and O–H groups in total. The van der Waals surface area contributed by atoms with Crippen LogP contribution < -0.4 is 4.74 Å². The quantitative estimate of drug-likeness (QED) is 0.845. The van der Waals surface area contributed by atoms with Crippen molar-refractivity contribution in [1.29, 1.82) is 0 Å². The maximum atomic E-state index is 12.2. The molecule has 0 amide bonds. The van der Waals surface area contributed by atoms with Gasteiger partial charge < -0.3 is 9.47 Å². The number of morpholine rings is 1. The van der Waals surface area contributed by atoms with Gasteiger partial charge in [-0.15, -0.1) is 18.3 Å². The van der Waals surface area contributed by atoms with E-state index >= 15 is 0 Å². The van der Waals surface area contributed by atoms with Crippen molar-refractivity contribution < 1.29 is 22.6 Å². The van der Waals surface area contributed by atoms with Gasteiger partial charge in [0.2, 0.25) is 0 Å². The zero-order valence-electron chi connectivity index (χ0n) is 12.0. The molecule has 0 saturated carbocycles. The molecule has 7 nitrogen and oxygen atoms in total. The van der Waals surface area contributed by atoms with Crippen LogP contribution in [0.4, 0.5) is 13.2 Å². The average molecular weight is 329 g/mol. The van der Waals surface area contributed by atoms with Gasteiger partial charge in [0.05, 0.1) is 25.4 Å². The van der Waals surface area contributed by atoms with Gasteiger partial charge >= 0.3 is 6.36 Å². The third kappa shape index (κ3) is 4.17. The van der Waals surface area contributed by atoms with Crippen molar-refractivity contribution in [1.82, 2.24) is 25.1 Å². The van der Waals surface area contributed by atoms with Crippen LogP contribution in [0, 0.1) is 0 Å². The number of benzene rings is 1. The minimum atomic E-state index is -4.71. The Morgan fingerprint density at radius 3 is 2.48 bits per heavy atom. The molecular weight excluding hydrogens is 315 g/mol. The fourth-order valence-corrected chi connectivity index (χ4v) is 2.25. The van der Waals surface area contributed by atoms with Crippen LogP contribution in [0.25, 0.3) is 5.69 Å². The first-order chi connectivity index (χ1) is 11.0. The molecule has 0 bridgehead atoms. The lowest BCUT2D eigenvalue weighted by atomic mass is 10.3. The summed E-state index contributed by atoms with van der Waals surface area (Å²) in [6, 6.07) is 5.40. The smallest absolute Gasteiger partial charge is 0.406 e. The molecular formula is C13H14F3N5O2. The van der Waals surface area contributed by atoms with Crippen molar-refractivity contribution in [2.75, 3.05) is 26.3 Å². The molecule has 1 aliphatic rings. The topological polar surface area (TPSA) is 65.3 Å². The minimum absolute atomic E-state index is 0.288. The van der Waals surface area contributed by atoms with Gasteiger partial charge in [-0.25, -0.2) is 0 Å². The Kier molecular flexibility index (Phi) is 4.44. The first kappa shape index (κ1) is 15.7. The third-order valence-corrected chi connectivity index (χ3v) is 3.32. The van der Waals surface area contributed by atoms with E-state index in [1.807, 2.05) is 0 Å². The van der Waals surface area contributed by atoms with E-state index in [2.05, 4.69) is 25.2 Å². The van der Waals surface area contributed by atoms with Gasteiger partial charge in [-0.2, -0.15) is 4.68 Å². The van der Waals surface area contributed by atoms with Crippen LogP contribution in [-0.4, -0.2) is 57.8 Å². The highest BCUT2D eigenvalue weighted by molar-refractivity contribution is 5.37. The second kappa shape index (κ2) is 6.50. The van der Waals surface area contributed by atoms with E-state index in [-0.39, 0.29) is 5.75 Å². The largest absolute Gasteiger partial charge is 0.573 e. The molecule has 0 spiro atoms. The van der Waals surface area contributed by atoms with Gasteiger partial charge in [0.1, 0.15) is 5.75 Å². The van der Waals surface area contributed by atoms with Crippen molar-refractivity contribution in [2.45, 2.75) is 12.9 Å². The highest BCUT2D eigenvalue weighted by Crippen LogP contribution is 2.23. The molecule has 2 aromatic rings. The number of aromatic nitrogens is 4. The number of tetrazole rings is 1. The van der Waals surface area contributed by atoms with E-state index in [1.54, 1.807) is 0 Å². The van der Waals surface area contributed by atoms with E-state index < -0.39 is 6.36 Å². The molecule has 1 aromatic carbocycles. The summed E-state index contributed by atoms with van der Waals surface area (Å²) in [7, 11) is 0. The number of hydrogen-bond donors (Lipinski definition) is 0. The fraction of sp³-hybridized carbons (Fsp3) is 0.462. The van der Waals surface area contributed by atoms with Crippen molar-refractivity contribution in [3.8, 4) is 11.4 Å². The summed E-state index contributed by atoms with van der Waals surface area (Å²) in [5, 5.41) is 11.5. The monoisotopic (exact) mass is 329 g/mol. The van der Waals surface area contributed by atoms with Crippen molar-refractivity contribution in [3.63, 3.8) is 0 Å². The zero-order chi connectivity index (χ0) is 16.3. The van der Waals surface area contributed by atoms with Gasteiger partial charge in [0.25, 0.3) is 0 Å². The van der Waals surface area contributed by atoms with E-state index in [9.17, 15) is 13.2 Å². The van der Waals surface area contributed by atoms with Crippen molar-refractivity contribution >= 4 is 0 Å². The summed E-state index contributed by atoms with van der Waals surface area (Å²) >= 11 is 0. The Labute approximate surface area is 129 Å². The summed E-state index contributed by atoms with van der Waals surface area (Å²) in [4.78, 5) is 2.15. The number of alkyl halides is 3. The third-order valence-electron chi connectivity index (χ3n) is 3.32. The van der Waals surface area contributed by atoms with Gasteiger partial charge in [0, 0.05) is 13.1 Å². The zero-order valence-corrected chi connectivity index (χ0v) is 12.0. The number of rotatable bonds is 4. The Morgan fingerprint density at radius 2 is 1.83 bits per heavy atom. The number of nitrogens with zero attached hydrogens (tertiary/aromatic N) is 5. The molecule has 1 aromatic heterocycles. The number of ether oxygens (including phenoxy) is 2. The number of hydrogen-bond acceptors (Lipinski definition) is 6. The van der Waals surface area contributed by atoms with Gasteiger partial charge in [-0.1, -0.05) is 0 Å². The molecule has 1 saturated heterocycles. The summed E-state index contributed by atoms with van der Waals surface area (Å²) in [5.41, 5.74) is 0.563. The van der Waals surface area contributed by atoms with Crippen LogP contribution in [0.5, 0.6) is 5.75 Å². The highest BCUT2D eigenvalue weighted by atomic mass is 19.4. The first-order valence-electron chi connectivity index (χ1n) is 6.95. The van der Waals surface area contributed by atoms with Gasteiger partial charge in [-0.05, 0) is 34.7 Å². The van der Waals surface area contributed by atoms with E-state index in [4.69, 9.17) is 4.74 Å². The molecule has 0 radical (unpaired) electrons. The van der Waals surface area contributed by atoms with Crippen molar-refractivity contribution in [2.24, 2.45) is 0 Å². The van der Waals surface area contributed by atoms with Crippen LogP contribution in [0.1, 0.15) is 5.82 Å². The second-order valence-electron chi connectivity index (χ2n) is 4.94. The van der Waals surface area contributed by atoms with Crippen LogP contribution in [0.15, 0.2) is 24.3 Å². The van der Waals surface area contributed by atoms with E-state index in [0.29, 0.717) is 31.3 Å². The summed E-state index contributed by atoms with van der Waals surface area (Å²) in [6.07, 6.45) is -4.71. The maximum Gasteiger partial charge on any atom is 0.573 e. The molecule has 3 rings (SSSR count). The van der Waals surface area contributed by atoms with Gasteiger partial charge in [0.15, 0.2) is 5.82 Å². The predicted octanol–water partition coefficient (Wildman–Crippen LogP) is 1.39. The molecule has 0 atom stereocenters. The van der Waals surface area contributed by atoms with E-state index in [1.165, 1.54) is 28.9 Å². The second-order valence-corrected chi connectivity index (χ2v) is 4.94. The molecule has 124 valence electrons. The molecule has 0 aliphatic carbocycles. The Bertz CT molecular complexity index is 638. The fourth-order valence-electron chi connectivity index (χ4n) is 2.25. The molecule has 10 heteroatoms. The SMILES string of the molecule is FC(F)(F)Oc1ccc(-n2nnnc2CN2CCOCC2)cc1. The molecule has 2 heterocycles. The Hall–Kier alpha value is -2.20. The van der Waals surface area contributed by atoms with Crippen LogP contribution in [-0.2, 0) is 11.3 Å². The van der Waals surface area contributed by atoms with E-state index in [0.717, 1.165) is 13.1 Å². The summed E-state index contributed by atoms with van der Waals surface area (Å²) < 4.78 is 47.1. The summed E-state index contributed by atoms with van der Waals surface area (Å²) in [6.45, 7) is 3.42. The predicted molar refractivity (Wildman–Crippen MR) is 71.9 cm³/mol. The molecule has 0 unspecified atom stereocenters. The maximum absolute atomic E-state index is 12.2. The standard InChI is InChI=1S/C13H14F3N5O2/c14-13(15,16)23-11-3-1-10(2-4-11)21-12(17-18-19-21)9-20-5-7-22-8-6-20/h1-4H,5-9H2. The van der Waals surface area contributed by atoms with Crippen LogP contribution in [0.2, 0.25) is 0 Å². The molecule has 1 aliphatic heterocycles. The van der Waals surface area contributed by atoms with Crippen LogP contribution in [0.3, 0.4) is 0 Å².